The van der Waals surface area contributed by atoms with Crippen LogP contribution in [0.2, 0.25) is 0 Å². The first-order valence-electron chi connectivity index (χ1n) is 6.98. The highest BCUT2D eigenvalue weighted by atomic mass is 32.2. The summed E-state index contributed by atoms with van der Waals surface area (Å²) in [6.07, 6.45) is 1.67. The number of nitrogens with two attached hydrogens (primary N) is 1. The maximum atomic E-state index is 12.1. The van der Waals surface area contributed by atoms with E-state index in [4.69, 9.17) is 5.84 Å². The fraction of sp³-hybridized carbons (Fsp3) is 0.0667. The second-order valence-corrected chi connectivity index (χ2v) is 6.56. The molecule has 1 aromatic carbocycles. The molecule has 0 aliphatic carbocycles. The van der Waals surface area contributed by atoms with Crippen LogP contribution in [-0.2, 0) is 0 Å². The number of nitrogens with zero attached hydrogens (tertiary/aromatic N) is 4. The first-order valence-corrected chi connectivity index (χ1v) is 8.84. The Balaban J connectivity index is 1.57. The molecule has 0 saturated carbocycles. The molecular weight excluding hydrogens is 344 g/mol. The molecule has 0 spiro atoms. The van der Waals surface area contributed by atoms with Gasteiger partial charge in [0.2, 0.25) is 5.16 Å². The first kappa shape index (κ1) is 16.2. The molecule has 7 nitrogen and oxygen atoms in total. The summed E-state index contributed by atoms with van der Waals surface area (Å²) in [4.78, 5) is 13.1. The zero-order chi connectivity index (χ0) is 16.8. The fourth-order valence-corrected chi connectivity index (χ4v) is 3.14. The van der Waals surface area contributed by atoms with Gasteiger partial charge in [-0.2, -0.15) is 5.10 Å². The molecule has 0 unspecified atom stereocenters. The number of Topliss-reactive ketones (excluding diaryl/α,β-unsaturated/α-hetero) is 1. The standard InChI is InChI=1S/C15H14N6OS2/c16-21-14(18-17-9-12-7-4-8-23-12)19-20-15(21)24-10-13(22)11-5-2-1-3-6-11/h1-9H,10,16H2,(H,18,19)/b17-9+. The summed E-state index contributed by atoms with van der Waals surface area (Å²) in [6, 6.07) is 13.0. The third-order valence-corrected chi connectivity index (χ3v) is 4.74. The summed E-state index contributed by atoms with van der Waals surface area (Å²) in [5.41, 5.74) is 3.39. The van der Waals surface area contributed by atoms with Crippen molar-refractivity contribution in [3.8, 4) is 0 Å². The molecule has 9 heteroatoms. The van der Waals surface area contributed by atoms with E-state index >= 15 is 0 Å². The van der Waals surface area contributed by atoms with Gasteiger partial charge in [-0.1, -0.05) is 48.2 Å². The van der Waals surface area contributed by atoms with Gasteiger partial charge in [0, 0.05) is 10.4 Å². The number of nitrogens with one attached hydrogen (secondary N) is 1. The summed E-state index contributed by atoms with van der Waals surface area (Å²) >= 11 is 2.80. The zero-order valence-electron chi connectivity index (χ0n) is 12.5. The van der Waals surface area contributed by atoms with Crippen LogP contribution < -0.4 is 11.3 Å². The highest BCUT2D eigenvalue weighted by Crippen LogP contribution is 2.18. The van der Waals surface area contributed by atoms with Gasteiger partial charge >= 0.3 is 0 Å². The maximum absolute atomic E-state index is 12.1. The first-order chi connectivity index (χ1) is 11.7. The van der Waals surface area contributed by atoms with Crippen molar-refractivity contribution in [2.45, 2.75) is 5.16 Å². The van der Waals surface area contributed by atoms with E-state index in [0.29, 0.717) is 16.7 Å². The second kappa shape index (κ2) is 7.75. The molecule has 122 valence electrons. The van der Waals surface area contributed by atoms with Crippen LogP contribution in [0.5, 0.6) is 0 Å². The predicted octanol–water partition coefficient (Wildman–Crippen LogP) is 2.47. The number of hydrazone groups is 1. The largest absolute Gasteiger partial charge is 0.334 e. The van der Waals surface area contributed by atoms with Gasteiger partial charge in [0.05, 0.1) is 12.0 Å². The van der Waals surface area contributed by atoms with E-state index in [2.05, 4.69) is 20.7 Å². The number of benzene rings is 1. The summed E-state index contributed by atoms with van der Waals surface area (Å²) in [5.74, 6) is 6.46. The van der Waals surface area contributed by atoms with Crippen LogP contribution in [0.3, 0.4) is 0 Å². The van der Waals surface area contributed by atoms with Crippen LogP contribution in [0.1, 0.15) is 15.2 Å². The van der Waals surface area contributed by atoms with Gasteiger partial charge in [-0.15, -0.1) is 21.5 Å². The Hall–Kier alpha value is -2.65. The van der Waals surface area contributed by atoms with E-state index in [1.165, 1.54) is 16.4 Å². The third kappa shape index (κ3) is 4.00. The fourth-order valence-electron chi connectivity index (χ4n) is 1.81. The summed E-state index contributed by atoms with van der Waals surface area (Å²) in [7, 11) is 0. The number of hydrogen-bond donors (Lipinski definition) is 2. The predicted molar refractivity (Wildman–Crippen MR) is 97.2 cm³/mol. The van der Waals surface area contributed by atoms with E-state index in [9.17, 15) is 4.79 Å². The number of carbonyl (C=O) groups is 1. The van der Waals surface area contributed by atoms with Gasteiger partial charge in [0.1, 0.15) is 0 Å². The molecule has 0 amide bonds. The minimum absolute atomic E-state index is 0.00817. The molecule has 3 N–H and O–H groups in total. The van der Waals surface area contributed by atoms with Gasteiger partial charge in [-0.25, -0.2) is 10.1 Å². The van der Waals surface area contributed by atoms with E-state index in [1.807, 2.05) is 35.7 Å². The molecule has 3 aromatic rings. The average molecular weight is 358 g/mol. The van der Waals surface area contributed by atoms with Crippen molar-refractivity contribution in [1.82, 2.24) is 14.9 Å². The Kier molecular flexibility index (Phi) is 5.24. The normalized spacial score (nSPS) is 11.0. The molecule has 0 radical (unpaired) electrons. The number of carbonyl (C=O) groups excluding carboxylic acids is 1. The lowest BCUT2D eigenvalue weighted by Gasteiger charge is -2.02. The van der Waals surface area contributed by atoms with Crippen LogP contribution in [0.4, 0.5) is 5.95 Å². The number of nitrogen functional groups attached to an aromatic ring is 1. The van der Waals surface area contributed by atoms with Crippen molar-refractivity contribution in [1.29, 1.82) is 0 Å². The average Bonchev–Trinajstić information content (AvgIpc) is 3.25. The van der Waals surface area contributed by atoms with Gasteiger partial charge < -0.3 is 5.84 Å². The maximum Gasteiger partial charge on any atom is 0.264 e. The van der Waals surface area contributed by atoms with E-state index < -0.39 is 0 Å². The van der Waals surface area contributed by atoms with Gasteiger partial charge in [-0.3, -0.25) is 4.79 Å². The van der Waals surface area contributed by atoms with Gasteiger partial charge in [0.15, 0.2) is 5.78 Å². The number of thiophene rings is 1. The van der Waals surface area contributed by atoms with Crippen molar-refractivity contribution in [2.75, 3.05) is 17.0 Å². The SMILES string of the molecule is Nn1c(N/N=C/c2cccs2)nnc1SCC(=O)c1ccccc1. The minimum Gasteiger partial charge on any atom is -0.334 e. The molecule has 0 atom stereocenters. The third-order valence-electron chi connectivity index (χ3n) is 2.99. The number of hydrogen-bond acceptors (Lipinski definition) is 8. The lowest BCUT2D eigenvalue weighted by atomic mass is 10.2. The van der Waals surface area contributed by atoms with Crippen LogP contribution >= 0.6 is 23.1 Å². The molecule has 3 rings (SSSR count). The van der Waals surface area contributed by atoms with E-state index in [-0.39, 0.29) is 11.5 Å². The Morgan fingerprint density at radius 1 is 1.29 bits per heavy atom. The highest BCUT2D eigenvalue weighted by molar-refractivity contribution is 7.99. The Morgan fingerprint density at radius 2 is 2.12 bits per heavy atom. The molecule has 2 heterocycles. The number of aromatic nitrogens is 3. The quantitative estimate of drug-likeness (QED) is 0.221. The molecule has 2 aromatic heterocycles. The minimum atomic E-state index is 0.00817. The molecular formula is C15H14N6OS2. The van der Waals surface area contributed by atoms with Crippen LogP contribution in [0, 0.1) is 0 Å². The Bertz CT molecular complexity index is 829. The van der Waals surface area contributed by atoms with Crippen molar-refractivity contribution in [2.24, 2.45) is 5.10 Å². The highest BCUT2D eigenvalue weighted by Gasteiger charge is 2.12. The van der Waals surface area contributed by atoms with Crippen LogP contribution in [-0.4, -0.2) is 32.6 Å². The number of thioether (sulfide) groups is 1. The molecule has 0 saturated heterocycles. The van der Waals surface area contributed by atoms with Crippen molar-refractivity contribution < 1.29 is 4.79 Å². The summed E-state index contributed by atoms with van der Waals surface area (Å²) in [5, 5.41) is 14.3. The van der Waals surface area contributed by atoms with Crippen molar-refractivity contribution in [3.05, 3.63) is 58.3 Å². The lowest BCUT2D eigenvalue weighted by Crippen LogP contribution is -2.14. The smallest absolute Gasteiger partial charge is 0.264 e. The summed E-state index contributed by atoms with van der Waals surface area (Å²) in [6.45, 7) is 0. The van der Waals surface area contributed by atoms with Crippen molar-refractivity contribution in [3.63, 3.8) is 0 Å². The number of anilines is 1. The second-order valence-electron chi connectivity index (χ2n) is 4.64. The zero-order valence-corrected chi connectivity index (χ0v) is 14.1. The van der Waals surface area contributed by atoms with E-state index in [1.54, 1.807) is 29.7 Å². The molecule has 0 aliphatic heterocycles. The Morgan fingerprint density at radius 3 is 2.88 bits per heavy atom. The van der Waals surface area contributed by atoms with Gasteiger partial charge in [0.25, 0.3) is 5.95 Å². The topological polar surface area (TPSA) is 98.2 Å². The lowest BCUT2D eigenvalue weighted by molar-refractivity contribution is 0.102. The van der Waals surface area contributed by atoms with Crippen LogP contribution in [0.25, 0.3) is 0 Å². The Labute approximate surface area is 146 Å². The molecule has 0 fully saturated rings. The molecule has 0 bridgehead atoms. The van der Waals surface area contributed by atoms with Crippen LogP contribution in [0.15, 0.2) is 58.1 Å². The number of ketones is 1. The van der Waals surface area contributed by atoms with Gasteiger partial charge in [-0.05, 0) is 11.4 Å². The number of rotatable bonds is 7. The molecule has 24 heavy (non-hydrogen) atoms. The van der Waals surface area contributed by atoms with Crippen molar-refractivity contribution >= 4 is 41.0 Å². The summed E-state index contributed by atoms with van der Waals surface area (Å²) < 4.78 is 1.27. The van der Waals surface area contributed by atoms with E-state index in [0.717, 1.165) is 4.88 Å². The monoisotopic (exact) mass is 358 g/mol. The molecule has 0 aliphatic rings.